The van der Waals surface area contributed by atoms with E-state index in [0.29, 0.717) is 5.75 Å². The van der Waals surface area contributed by atoms with E-state index < -0.39 is 5.82 Å². The van der Waals surface area contributed by atoms with Crippen LogP contribution in [0.2, 0.25) is 5.02 Å². The molecule has 0 aliphatic heterocycles. The van der Waals surface area contributed by atoms with Crippen molar-refractivity contribution in [3.8, 4) is 5.75 Å². The third-order valence-electron chi connectivity index (χ3n) is 2.63. The summed E-state index contributed by atoms with van der Waals surface area (Å²) in [5, 5.41) is 7.30. The number of hydrogen-bond donors (Lipinski definition) is 2. The number of hydrogen-bond acceptors (Lipinski definition) is 3. The van der Waals surface area contributed by atoms with Crippen LogP contribution < -0.4 is 16.2 Å². The van der Waals surface area contributed by atoms with Crippen LogP contribution in [-0.4, -0.2) is 12.2 Å². The van der Waals surface area contributed by atoms with Crippen LogP contribution >= 0.6 is 11.6 Å². The summed E-state index contributed by atoms with van der Waals surface area (Å²) < 4.78 is 18.7. The Hall–Kier alpha value is -2.60. The summed E-state index contributed by atoms with van der Waals surface area (Å²) >= 11 is 5.72. The molecule has 2 aromatic carbocycles. The minimum absolute atomic E-state index is 0.0687. The van der Waals surface area contributed by atoms with Crippen LogP contribution in [0.5, 0.6) is 5.75 Å². The largest absolute Gasteiger partial charge is 0.489 e. The lowest BCUT2D eigenvalue weighted by Crippen LogP contribution is -2.21. The standard InChI is InChI=1S/C15H14ClFN4O/c16-13-7-11(4-5-14(13)17)9-22-12-3-1-2-10(6-12)8-20-21-15(18)19/h1-8H,9H2,(H4,18,19,21). The summed E-state index contributed by atoms with van der Waals surface area (Å²) in [5.41, 5.74) is 11.9. The van der Waals surface area contributed by atoms with Crippen molar-refractivity contribution in [3.05, 3.63) is 64.4 Å². The zero-order chi connectivity index (χ0) is 15.9. The molecular formula is C15H14ClFN4O. The van der Waals surface area contributed by atoms with E-state index in [9.17, 15) is 4.39 Å². The number of nitrogens with zero attached hydrogens (tertiary/aromatic N) is 2. The molecule has 114 valence electrons. The zero-order valence-electron chi connectivity index (χ0n) is 11.5. The second-order valence-corrected chi connectivity index (χ2v) is 4.79. The molecule has 0 atom stereocenters. The van der Waals surface area contributed by atoms with Gasteiger partial charge in [-0.25, -0.2) is 4.39 Å². The van der Waals surface area contributed by atoms with Gasteiger partial charge in [0.05, 0.1) is 11.2 Å². The van der Waals surface area contributed by atoms with E-state index in [0.717, 1.165) is 11.1 Å². The number of benzene rings is 2. The number of ether oxygens (including phenoxy) is 1. The van der Waals surface area contributed by atoms with Crippen molar-refractivity contribution in [2.24, 2.45) is 21.7 Å². The third-order valence-corrected chi connectivity index (χ3v) is 2.92. The summed E-state index contributed by atoms with van der Waals surface area (Å²) in [6.45, 7) is 0.272. The number of nitrogens with two attached hydrogens (primary N) is 2. The Bertz CT molecular complexity index is 714. The van der Waals surface area contributed by atoms with Crippen LogP contribution in [0.25, 0.3) is 0 Å². The average molecular weight is 321 g/mol. The molecule has 0 unspecified atom stereocenters. The van der Waals surface area contributed by atoms with E-state index in [4.69, 9.17) is 27.8 Å². The first-order chi connectivity index (χ1) is 10.5. The molecule has 0 saturated heterocycles. The monoisotopic (exact) mass is 320 g/mol. The second kappa shape index (κ2) is 7.42. The maximum atomic E-state index is 13.1. The SMILES string of the molecule is NC(N)=NN=Cc1cccc(OCc2ccc(F)c(Cl)c2)c1. The molecule has 0 aliphatic rings. The van der Waals surface area contributed by atoms with Gasteiger partial charge in [0.2, 0.25) is 5.96 Å². The van der Waals surface area contributed by atoms with Crippen LogP contribution in [0.4, 0.5) is 4.39 Å². The quantitative estimate of drug-likeness (QED) is 0.504. The van der Waals surface area contributed by atoms with Gasteiger partial charge in [-0.3, -0.25) is 0 Å². The van der Waals surface area contributed by atoms with Gasteiger partial charge in [0, 0.05) is 0 Å². The van der Waals surface area contributed by atoms with Crippen molar-refractivity contribution in [2.45, 2.75) is 6.61 Å². The topological polar surface area (TPSA) is 86.0 Å². The van der Waals surface area contributed by atoms with Crippen molar-refractivity contribution in [1.29, 1.82) is 0 Å². The molecular weight excluding hydrogens is 307 g/mol. The highest BCUT2D eigenvalue weighted by Crippen LogP contribution is 2.18. The summed E-state index contributed by atoms with van der Waals surface area (Å²) in [6.07, 6.45) is 1.50. The molecule has 2 rings (SSSR count). The normalized spacial score (nSPS) is 10.6. The Morgan fingerprint density at radius 2 is 2.05 bits per heavy atom. The first kappa shape index (κ1) is 15.8. The fourth-order valence-electron chi connectivity index (χ4n) is 1.64. The van der Waals surface area contributed by atoms with Crippen LogP contribution in [-0.2, 0) is 6.61 Å². The van der Waals surface area contributed by atoms with Crippen molar-refractivity contribution in [3.63, 3.8) is 0 Å². The Balaban J connectivity index is 2.02. The van der Waals surface area contributed by atoms with Gasteiger partial charge in [0.15, 0.2) is 0 Å². The van der Waals surface area contributed by atoms with Gasteiger partial charge >= 0.3 is 0 Å². The summed E-state index contributed by atoms with van der Waals surface area (Å²) in [6, 6.07) is 11.7. The van der Waals surface area contributed by atoms with E-state index in [2.05, 4.69) is 10.2 Å². The first-order valence-electron chi connectivity index (χ1n) is 6.33. The van der Waals surface area contributed by atoms with Crippen LogP contribution in [0, 0.1) is 5.82 Å². The Morgan fingerprint density at radius 3 is 2.77 bits per heavy atom. The van der Waals surface area contributed by atoms with E-state index in [-0.39, 0.29) is 17.6 Å². The molecule has 0 aliphatic carbocycles. The van der Waals surface area contributed by atoms with E-state index in [1.165, 1.54) is 18.3 Å². The lowest BCUT2D eigenvalue weighted by molar-refractivity contribution is 0.306. The van der Waals surface area contributed by atoms with Gasteiger partial charge in [-0.2, -0.15) is 5.10 Å². The highest BCUT2D eigenvalue weighted by Gasteiger charge is 2.02. The lowest BCUT2D eigenvalue weighted by Gasteiger charge is -2.07. The molecule has 4 N–H and O–H groups in total. The van der Waals surface area contributed by atoms with Gasteiger partial charge < -0.3 is 16.2 Å². The summed E-state index contributed by atoms with van der Waals surface area (Å²) in [4.78, 5) is 0. The highest BCUT2D eigenvalue weighted by atomic mass is 35.5. The maximum Gasteiger partial charge on any atom is 0.211 e. The highest BCUT2D eigenvalue weighted by molar-refractivity contribution is 6.30. The fourth-order valence-corrected chi connectivity index (χ4v) is 1.85. The molecule has 0 heterocycles. The molecule has 22 heavy (non-hydrogen) atoms. The molecule has 2 aromatic rings. The van der Waals surface area contributed by atoms with Gasteiger partial charge in [-0.15, -0.1) is 5.10 Å². The molecule has 0 aromatic heterocycles. The average Bonchev–Trinajstić information content (AvgIpc) is 2.49. The predicted octanol–water partition coefficient (Wildman–Crippen LogP) is 2.67. The predicted molar refractivity (Wildman–Crippen MR) is 85.6 cm³/mol. The second-order valence-electron chi connectivity index (χ2n) is 4.38. The lowest BCUT2D eigenvalue weighted by atomic mass is 10.2. The zero-order valence-corrected chi connectivity index (χ0v) is 12.3. The Labute approximate surface area is 132 Å². The fraction of sp³-hybridized carbons (Fsp3) is 0.0667. The van der Waals surface area contributed by atoms with E-state index >= 15 is 0 Å². The summed E-state index contributed by atoms with van der Waals surface area (Å²) in [7, 11) is 0. The molecule has 0 bridgehead atoms. The minimum Gasteiger partial charge on any atom is -0.489 e. The van der Waals surface area contributed by atoms with Gasteiger partial charge in [0.25, 0.3) is 0 Å². The van der Waals surface area contributed by atoms with E-state index in [1.54, 1.807) is 18.2 Å². The molecule has 0 fully saturated rings. The summed E-state index contributed by atoms with van der Waals surface area (Å²) in [5.74, 6) is 0.0642. The van der Waals surface area contributed by atoms with Crippen molar-refractivity contribution in [2.75, 3.05) is 0 Å². The van der Waals surface area contributed by atoms with Gasteiger partial charge in [-0.1, -0.05) is 29.8 Å². The van der Waals surface area contributed by atoms with Crippen LogP contribution in [0.1, 0.15) is 11.1 Å². The Kier molecular flexibility index (Phi) is 5.32. The molecule has 0 spiro atoms. The van der Waals surface area contributed by atoms with Crippen molar-refractivity contribution >= 4 is 23.8 Å². The molecule has 0 amide bonds. The van der Waals surface area contributed by atoms with E-state index in [1.807, 2.05) is 12.1 Å². The third kappa shape index (κ3) is 4.75. The molecule has 5 nitrogen and oxygen atoms in total. The minimum atomic E-state index is -0.455. The maximum absolute atomic E-state index is 13.1. The van der Waals surface area contributed by atoms with Crippen molar-refractivity contribution < 1.29 is 9.13 Å². The van der Waals surface area contributed by atoms with Crippen LogP contribution in [0.3, 0.4) is 0 Å². The first-order valence-corrected chi connectivity index (χ1v) is 6.71. The van der Waals surface area contributed by atoms with Gasteiger partial charge in [0.1, 0.15) is 18.2 Å². The van der Waals surface area contributed by atoms with Crippen molar-refractivity contribution in [1.82, 2.24) is 0 Å². The number of halogens is 2. The van der Waals surface area contributed by atoms with Crippen LogP contribution in [0.15, 0.2) is 52.7 Å². The molecule has 7 heteroatoms. The number of rotatable bonds is 5. The Morgan fingerprint density at radius 1 is 1.23 bits per heavy atom. The molecule has 0 saturated carbocycles. The smallest absolute Gasteiger partial charge is 0.211 e. The molecule has 0 radical (unpaired) electrons. The number of guanidine groups is 1. The van der Waals surface area contributed by atoms with Gasteiger partial charge in [-0.05, 0) is 35.4 Å².